The first-order valence-electron chi connectivity index (χ1n) is 16.9. The molecule has 0 spiro atoms. The van der Waals surface area contributed by atoms with E-state index in [-0.39, 0.29) is 29.9 Å². The topological polar surface area (TPSA) is 134 Å². The molecule has 0 aromatic rings. The minimum absolute atomic E-state index is 0.0607. The van der Waals surface area contributed by atoms with Gasteiger partial charge in [0.05, 0.1) is 17.2 Å². The molecule has 5 aliphatic rings. The smallest absolute Gasteiger partial charge is 0.177 e. The van der Waals surface area contributed by atoms with E-state index in [0.29, 0.717) is 11.7 Å². The van der Waals surface area contributed by atoms with Crippen molar-refractivity contribution in [3.63, 3.8) is 0 Å². The summed E-state index contributed by atoms with van der Waals surface area (Å²) in [6.45, 7) is 7.48. The molecule has 3 heterocycles. The van der Waals surface area contributed by atoms with E-state index in [0.717, 1.165) is 64.0 Å². The van der Waals surface area contributed by atoms with Crippen molar-refractivity contribution in [1.82, 2.24) is 25.3 Å². The quantitative estimate of drug-likeness (QED) is 0.120. The monoisotopic (exact) mass is 615 g/mol. The number of nitrogens with one attached hydrogen (secondary N) is 4. The molecular formula is C33H55F2N9. The maximum Gasteiger partial charge on any atom is 0.177 e. The van der Waals surface area contributed by atoms with Crippen molar-refractivity contribution < 1.29 is 8.78 Å². The number of hydrogen-bond donors (Lipinski definition) is 6. The zero-order chi connectivity index (χ0) is 31.5. The van der Waals surface area contributed by atoms with Gasteiger partial charge in [-0.1, -0.05) is 26.2 Å². The largest absolute Gasteiger partial charge is 0.403 e. The van der Waals surface area contributed by atoms with E-state index in [2.05, 4.69) is 27.4 Å². The van der Waals surface area contributed by atoms with Gasteiger partial charge in [-0.3, -0.25) is 10.8 Å². The fraction of sp³-hybridized carbons (Fsp3) is 0.697. The van der Waals surface area contributed by atoms with E-state index in [1.54, 1.807) is 0 Å². The lowest BCUT2D eigenvalue weighted by Crippen LogP contribution is -2.53. The Kier molecular flexibility index (Phi) is 13.1. The molecule has 9 nitrogen and oxygen atoms in total. The molecule has 0 aromatic heterocycles. The van der Waals surface area contributed by atoms with Gasteiger partial charge in [-0.05, 0) is 95.6 Å². The number of nitrogens with zero attached hydrogens (tertiary/aromatic N) is 3. The molecule has 2 aliphatic carbocycles. The normalized spacial score (nSPS) is 27.6. The summed E-state index contributed by atoms with van der Waals surface area (Å²) in [6, 6.07) is 0.742. The van der Waals surface area contributed by atoms with Gasteiger partial charge in [-0.15, -0.1) is 0 Å². The molecule has 44 heavy (non-hydrogen) atoms. The van der Waals surface area contributed by atoms with Crippen LogP contribution in [0.25, 0.3) is 0 Å². The van der Waals surface area contributed by atoms with Crippen molar-refractivity contribution in [3.05, 3.63) is 47.5 Å². The summed E-state index contributed by atoms with van der Waals surface area (Å²) in [5.41, 5.74) is 11.7. The van der Waals surface area contributed by atoms with E-state index in [1.807, 2.05) is 4.90 Å². The average molecular weight is 616 g/mol. The second-order valence-electron chi connectivity index (χ2n) is 12.7. The van der Waals surface area contributed by atoms with E-state index in [4.69, 9.17) is 22.3 Å². The summed E-state index contributed by atoms with van der Waals surface area (Å²) in [4.78, 5) is 6.84. The molecule has 4 fully saturated rings. The number of amidine groups is 2. The van der Waals surface area contributed by atoms with Gasteiger partial charge in [-0.25, -0.2) is 8.78 Å². The van der Waals surface area contributed by atoms with Crippen molar-refractivity contribution in [2.75, 3.05) is 32.7 Å². The van der Waals surface area contributed by atoms with Crippen molar-refractivity contribution in [2.24, 2.45) is 17.4 Å². The van der Waals surface area contributed by atoms with Gasteiger partial charge >= 0.3 is 0 Å². The van der Waals surface area contributed by atoms with Crippen LogP contribution in [-0.2, 0) is 0 Å². The second kappa shape index (κ2) is 17.0. The molecule has 246 valence electrons. The van der Waals surface area contributed by atoms with Crippen LogP contribution in [0.15, 0.2) is 47.5 Å². The van der Waals surface area contributed by atoms with Crippen molar-refractivity contribution in [2.45, 2.75) is 109 Å². The van der Waals surface area contributed by atoms with Gasteiger partial charge in [0.2, 0.25) is 0 Å². The van der Waals surface area contributed by atoms with Crippen LogP contribution in [-0.4, -0.2) is 77.5 Å². The predicted molar refractivity (Wildman–Crippen MR) is 175 cm³/mol. The number of unbranched alkanes of at least 4 members (excludes halogenated alkanes) is 3. The number of halogens is 2. The highest BCUT2D eigenvalue weighted by molar-refractivity contribution is 5.97. The standard InChI is InChI=1S/C27H40F2N8.C6H15N/c28-19-5-9-22(29)23(10-6-19)33-27-34-24(17-30)26(32)37(27)21-7-3-18(4-8-21)25(31)36-15-11-20(12-16-36)35-13-1-2-14-35;1-2-3-4-5-6-7/h6,9-10,17-18,20-21,27,31-34H,1-5,7-8,11-16,30H2;2-7H2,1H3/b24-17+,31-25?,32-26?;. The zero-order valence-corrected chi connectivity index (χ0v) is 26.6. The molecule has 5 rings (SSSR count). The summed E-state index contributed by atoms with van der Waals surface area (Å²) in [5, 5.41) is 23.9. The molecule has 0 amide bonds. The molecule has 0 bridgehead atoms. The Morgan fingerprint density at radius 2 is 1.70 bits per heavy atom. The van der Waals surface area contributed by atoms with Gasteiger partial charge in [-0.2, -0.15) is 0 Å². The van der Waals surface area contributed by atoms with Crippen molar-refractivity contribution in [1.29, 1.82) is 10.8 Å². The second-order valence-corrected chi connectivity index (χ2v) is 12.7. The lowest BCUT2D eigenvalue weighted by molar-refractivity contribution is 0.148. The number of allylic oxidation sites excluding steroid dienone is 5. The van der Waals surface area contributed by atoms with Crippen LogP contribution in [0.5, 0.6) is 0 Å². The first-order valence-corrected chi connectivity index (χ1v) is 16.9. The minimum Gasteiger partial charge on any atom is -0.403 e. The van der Waals surface area contributed by atoms with Crippen molar-refractivity contribution >= 4 is 11.7 Å². The third-order valence-corrected chi connectivity index (χ3v) is 9.70. The molecule has 3 aliphatic heterocycles. The van der Waals surface area contributed by atoms with Crippen LogP contribution in [0.4, 0.5) is 8.78 Å². The Labute approximate surface area is 262 Å². The van der Waals surface area contributed by atoms with E-state index < -0.39 is 17.9 Å². The van der Waals surface area contributed by atoms with E-state index >= 15 is 0 Å². The highest BCUT2D eigenvalue weighted by Crippen LogP contribution is 2.33. The molecule has 8 N–H and O–H groups in total. The van der Waals surface area contributed by atoms with Gasteiger partial charge in [0.15, 0.2) is 6.29 Å². The summed E-state index contributed by atoms with van der Waals surface area (Å²) in [7, 11) is 0. The first-order chi connectivity index (χ1) is 21.4. The summed E-state index contributed by atoms with van der Waals surface area (Å²) in [5.74, 6) is 0.350. The van der Waals surface area contributed by atoms with Crippen LogP contribution in [0, 0.1) is 16.7 Å². The van der Waals surface area contributed by atoms with Crippen LogP contribution < -0.4 is 22.1 Å². The van der Waals surface area contributed by atoms with Gasteiger partial charge < -0.3 is 36.8 Å². The van der Waals surface area contributed by atoms with E-state index in [9.17, 15) is 8.78 Å². The van der Waals surface area contributed by atoms with Gasteiger partial charge in [0.1, 0.15) is 17.5 Å². The molecule has 0 radical (unpaired) electrons. The number of likely N-dealkylation sites (tertiary alicyclic amines) is 2. The first kappa shape index (κ1) is 34.0. The molecular weight excluding hydrogens is 560 g/mol. The number of hydrogen-bond acceptors (Lipinski definition) is 7. The Morgan fingerprint density at radius 3 is 2.34 bits per heavy atom. The van der Waals surface area contributed by atoms with Crippen LogP contribution in [0.1, 0.15) is 90.4 Å². The average Bonchev–Trinajstić information content (AvgIpc) is 3.66. The fourth-order valence-electron chi connectivity index (χ4n) is 7.10. The molecule has 1 atom stereocenters. The lowest BCUT2D eigenvalue weighted by atomic mass is 9.83. The Morgan fingerprint density at radius 1 is 1.00 bits per heavy atom. The summed E-state index contributed by atoms with van der Waals surface area (Å²) >= 11 is 0. The maximum atomic E-state index is 14.6. The zero-order valence-electron chi connectivity index (χ0n) is 26.6. The van der Waals surface area contributed by atoms with Gasteiger partial charge in [0, 0.05) is 43.7 Å². The molecule has 3 saturated heterocycles. The van der Waals surface area contributed by atoms with Crippen LogP contribution in [0.2, 0.25) is 0 Å². The third kappa shape index (κ3) is 8.84. The number of nitrogens with two attached hydrogens (primary N) is 2. The molecule has 11 heteroatoms. The van der Waals surface area contributed by atoms with Crippen LogP contribution >= 0.6 is 0 Å². The van der Waals surface area contributed by atoms with Gasteiger partial charge in [0.25, 0.3) is 0 Å². The SMILES string of the molecule is CCCCCCN.N=C(C1CCC(N2C(=N)/C(=C\N)NC2NC2=CC=C(F)CC=C2F)CC1)N1CCC(N2CCCC2)CC1. The molecule has 0 aromatic carbocycles. The summed E-state index contributed by atoms with van der Waals surface area (Å²) < 4.78 is 28.2. The number of piperidine rings is 1. The van der Waals surface area contributed by atoms with E-state index in [1.165, 1.54) is 76.0 Å². The minimum atomic E-state index is -0.562. The Balaban J connectivity index is 0.000000566. The lowest BCUT2D eigenvalue weighted by Gasteiger charge is -2.42. The fourth-order valence-corrected chi connectivity index (χ4v) is 7.10. The summed E-state index contributed by atoms with van der Waals surface area (Å²) in [6.07, 6.45) is 18.1. The van der Waals surface area contributed by atoms with Crippen LogP contribution in [0.3, 0.4) is 0 Å². The third-order valence-electron chi connectivity index (χ3n) is 9.70. The predicted octanol–water partition coefficient (Wildman–Crippen LogP) is 5.16. The highest BCUT2D eigenvalue weighted by atomic mass is 19.1. The molecule has 1 unspecified atom stereocenters. The Hall–Kier alpha value is -2.92. The number of rotatable bonds is 9. The highest BCUT2D eigenvalue weighted by Gasteiger charge is 2.40. The Bertz CT molecular complexity index is 1070. The maximum absolute atomic E-state index is 14.6. The van der Waals surface area contributed by atoms with Crippen molar-refractivity contribution in [3.8, 4) is 0 Å². The molecule has 1 saturated carbocycles.